The number of carbonyl (C=O) groups excluding carboxylic acids is 2. The van der Waals surface area contributed by atoms with Crippen molar-refractivity contribution in [3.8, 4) is 0 Å². The minimum atomic E-state index is -4.46. The van der Waals surface area contributed by atoms with Gasteiger partial charge >= 0.3 is 0 Å². The Morgan fingerprint density at radius 3 is 1.95 bits per heavy atom. The number of nitrogens with zero attached hydrogens (tertiary/aromatic N) is 2. The fourth-order valence-electron chi connectivity index (χ4n) is 9.11. The maximum absolute atomic E-state index is 14.6. The minimum absolute atomic E-state index is 0.0451. The van der Waals surface area contributed by atoms with Crippen molar-refractivity contribution in [1.29, 1.82) is 0 Å². The lowest BCUT2D eigenvalue weighted by atomic mass is 9.70. The molecule has 6 N–H and O–H groups in total. The number of fused-ring (bicyclic) bond motifs is 2. The number of benzene rings is 2. The van der Waals surface area contributed by atoms with Crippen LogP contribution in [-0.4, -0.2) is 116 Å². The molecule has 0 radical (unpaired) electrons. The summed E-state index contributed by atoms with van der Waals surface area (Å²) in [5, 5.41) is 14.8. The highest BCUT2D eigenvalue weighted by Crippen LogP contribution is 2.48. The minimum Gasteiger partial charge on any atom is -0.396 e. The molecule has 16 nitrogen and oxygen atoms in total. The van der Waals surface area contributed by atoms with E-state index < -0.39 is 82.2 Å². The summed E-state index contributed by atoms with van der Waals surface area (Å²) in [5.74, 6) is -2.99. The highest BCUT2D eigenvalue weighted by atomic mass is 32.2. The second kappa shape index (κ2) is 21.0. The Labute approximate surface area is 383 Å². The van der Waals surface area contributed by atoms with E-state index in [2.05, 4.69) is 10.6 Å². The van der Waals surface area contributed by atoms with Gasteiger partial charge in [-0.1, -0.05) is 81.3 Å². The van der Waals surface area contributed by atoms with E-state index in [1.54, 1.807) is 0 Å². The van der Waals surface area contributed by atoms with Gasteiger partial charge in [0.05, 0.1) is 22.7 Å². The molecule has 0 fully saturated rings. The van der Waals surface area contributed by atoms with Gasteiger partial charge in [-0.05, 0) is 74.8 Å². The van der Waals surface area contributed by atoms with Crippen molar-refractivity contribution >= 4 is 59.3 Å². The third-order valence-electron chi connectivity index (χ3n) is 12.3. The van der Waals surface area contributed by atoms with Gasteiger partial charge in [-0.2, -0.15) is 29.8 Å². The van der Waals surface area contributed by atoms with Crippen LogP contribution in [0.2, 0.25) is 0 Å². The van der Waals surface area contributed by atoms with Crippen LogP contribution in [0.1, 0.15) is 90.2 Å². The van der Waals surface area contributed by atoms with Crippen LogP contribution in [0, 0.1) is 5.41 Å². The Bertz CT molecular complexity index is 2610. The van der Waals surface area contributed by atoms with E-state index in [1.807, 2.05) is 116 Å². The van der Waals surface area contributed by atoms with Crippen LogP contribution >= 0.6 is 0 Å². The van der Waals surface area contributed by atoms with Gasteiger partial charge in [0.15, 0.2) is 5.71 Å². The molecule has 5 rings (SSSR count). The Kier molecular flexibility index (Phi) is 16.6. The molecule has 1 atom stereocenters. The first-order valence-corrected chi connectivity index (χ1v) is 26.7. The van der Waals surface area contributed by atoms with E-state index in [0.29, 0.717) is 24.0 Å². The van der Waals surface area contributed by atoms with Crippen molar-refractivity contribution in [3.63, 3.8) is 0 Å². The predicted molar refractivity (Wildman–Crippen MR) is 251 cm³/mol. The van der Waals surface area contributed by atoms with Crippen LogP contribution in [0.3, 0.4) is 0 Å². The second-order valence-electron chi connectivity index (χ2n) is 18.0. The summed E-state index contributed by atoms with van der Waals surface area (Å²) in [6, 6.07) is 15.4. The van der Waals surface area contributed by atoms with Gasteiger partial charge < -0.3 is 20.6 Å². The molecule has 2 amide bonds. The predicted octanol–water partition coefficient (Wildman–Crippen LogP) is 5.16. The standard InChI is InChI=1S/C46H62N4O12S3/c1-44(2)36-15-7-9-17-38(36)49(25-13-28-63(54,55)56)40(44)21-19-34-31-35(20-22-41-45(3,4)37-16-8-10-18-39(37)50(41)26-14-29-64(57,58)59)33-46(32-34,43(53)48-24-30-65(60,61)62)42(52)47-23-11-5-6-12-27-51/h7-10,15-22,31,51H,5-6,11-14,23-30,32-33H2,1-4H3,(H4-,47,48,52,53,54,55,56,57,58,59,60,61,62)/p+1. The van der Waals surface area contributed by atoms with Gasteiger partial charge in [0.25, 0.3) is 30.4 Å². The largest absolute Gasteiger partial charge is 0.396 e. The van der Waals surface area contributed by atoms with Crippen LogP contribution in [-0.2, 0) is 50.8 Å². The average Bonchev–Trinajstić information content (AvgIpc) is 3.56. The Morgan fingerprint density at radius 2 is 1.29 bits per heavy atom. The second-order valence-corrected chi connectivity index (χ2v) is 22.7. The Hall–Kier alpha value is -4.50. The number of anilines is 1. The molecule has 2 aromatic rings. The fraction of sp³-hybridized carbons (Fsp3) is 0.500. The molecule has 3 aliphatic rings. The van der Waals surface area contributed by atoms with Crippen LogP contribution in [0.4, 0.5) is 11.4 Å². The Morgan fingerprint density at radius 1 is 0.692 bits per heavy atom. The van der Waals surface area contributed by atoms with Gasteiger partial charge in [-0.3, -0.25) is 23.2 Å². The SMILES string of the molecule is CC1(C)C(/C=C/C2=CC(=C/C=C3/N(CCCS(=O)(=O)O)c4ccccc4C3(C)C)/CC(C(=O)NCCCCCCO)(C(=O)NCCS(=O)(=O)O)C2)=[N+](CCCS(=O)(=O)O)c2ccccc21. The number of carbonyl (C=O) groups is 2. The van der Waals surface area contributed by atoms with Crippen molar-refractivity contribution in [2.24, 2.45) is 5.41 Å². The molecular formula is C46H63N4O12S3+. The van der Waals surface area contributed by atoms with E-state index in [1.165, 1.54) is 0 Å². The Balaban J connectivity index is 1.64. The zero-order valence-electron chi connectivity index (χ0n) is 37.5. The summed E-state index contributed by atoms with van der Waals surface area (Å²) in [4.78, 5) is 31.1. The molecule has 1 aliphatic carbocycles. The molecule has 0 bridgehead atoms. The number of aliphatic hydroxyl groups excluding tert-OH is 1. The number of para-hydroxylation sites is 2. The van der Waals surface area contributed by atoms with Crippen molar-refractivity contribution in [2.45, 2.75) is 89.9 Å². The third-order valence-corrected chi connectivity index (χ3v) is 14.7. The fourth-order valence-corrected chi connectivity index (χ4v) is 10.5. The quantitative estimate of drug-likeness (QED) is 0.0387. The smallest absolute Gasteiger partial charge is 0.266 e. The van der Waals surface area contributed by atoms with Gasteiger partial charge in [0, 0.05) is 67.2 Å². The number of rotatable bonds is 22. The third kappa shape index (κ3) is 13.1. The molecular weight excluding hydrogens is 897 g/mol. The van der Waals surface area contributed by atoms with Crippen LogP contribution in [0.25, 0.3) is 0 Å². The summed E-state index contributed by atoms with van der Waals surface area (Å²) in [6.45, 7) is 8.47. The molecule has 1 unspecified atom stereocenters. The maximum atomic E-state index is 14.6. The number of aliphatic hydroxyl groups is 1. The molecule has 2 aromatic carbocycles. The molecule has 65 heavy (non-hydrogen) atoms. The summed E-state index contributed by atoms with van der Waals surface area (Å²) < 4.78 is 101. The molecule has 2 aliphatic heterocycles. The first-order valence-electron chi connectivity index (χ1n) is 21.8. The summed E-state index contributed by atoms with van der Waals surface area (Å²) in [6.07, 6.45) is 12.0. The molecule has 0 aromatic heterocycles. The number of unbranched alkanes of at least 4 members (excludes halogenated alkanes) is 3. The van der Waals surface area contributed by atoms with E-state index in [9.17, 15) is 53.6 Å². The molecule has 0 saturated carbocycles. The maximum Gasteiger partial charge on any atom is 0.266 e. The zero-order chi connectivity index (χ0) is 47.8. The normalized spacial score (nSPS) is 20.6. The first kappa shape index (κ1) is 51.5. The van der Waals surface area contributed by atoms with E-state index >= 15 is 0 Å². The number of hydrogen-bond donors (Lipinski definition) is 6. The molecule has 356 valence electrons. The average molecular weight is 960 g/mol. The zero-order valence-corrected chi connectivity index (χ0v) is 39.9. The molecule has 2 heterocycles. The number of nitrogens with one attached hydrogen (secondary N) is 2. The van der Waals surface area contributed by atoms with Gasteiger partial charge in [-0.15, -0.1) is 0 Å². The van der Waals surface area contributed by atoms with Gasteiger partial charge in [0.2, 0.25) is 17.5 Å². The lowest BCUT2D eigenvalue weighted by Crippen LogP contribution is -2.53. The van der Waals surface area contributed by atoms with E-state index in [-0.39, 0.29) is 51.9 Å². The molecule has 0 spiro atoms. The number of hydrogen-bond acceptors (Lipinski definition) is 10. The number of allylic oxidation sites excluding steroid dienone is 8. The monoisotopic (exact) mass is 959 g/mol. The van der Waals surface area contributed by atoms with Crippen LogP contribution in [0.15, 0.2) is 95.8 Å². The lowest BCUT2D eigenvalue weighted by Gasteiger charge is -2.35. The van der Waals surface area contributed by atoms with Gasteiger partial charge in [0.1, 0.15) is 12.0 Å². The van der Waals surface area contributed by atoms with Crippen LogP contribution in [0.5, 0.6) is 0 Å². The highest BCUT2D eigenvalue weighted by molar-refractivity contribution is 7.86. The van der Waals surface area contributed by atoms with Crippen molar-refractivity contribution < 1.29 is 58.2 Å². The molecule has 19 heteroatoms. The number of amides is 2. The van der Waals surface area contributed by atoms with Gasteiger partial charge in [-0.25, -0.2) is 0 Å². The lowest BCUT2D eigenvalue weighted by molar-refractivity contribution is -0.437. The van der Waals surface area contributed by atoms with Crippen molar-refractivity contribution in [1.82, 2.24) is 10.6 Å². The summed E-state index contributed by atoms with van der Waals surface area (Å²) in [5.41, 5.74) is 3.48. The topological polar surface area (TPSA) is 248 Å². The molecule has 0 saturated heterocycles. The van der Waals surface area contributed by atoms with E-state index in [0.717, 1.165) is 46.8 Å². The highest BCUT2D eigenvalue weighted by Gasteiger charge is 2.49. The summed E-state index contributed by atoms with van der Waals surface area (Å²) >= 11 is 0. The van der Waals surface area contributed by atoms with Crippen molar-refractivity contribution in [2.75, 3.05) is 54.9 Å². The summed E-state index contributed by atoms with van der Waals surface area (Å²) in [7, 11) is -12.9. The first-order chi connectivity index (χ1) is 30.4. The van der Waals surface area contributed by atoms with Crippen LogP contribution < -0.4 is 15.5 Å². The van der Waals surface area contributed by atoms with E-state index in [4.69, 9.17) is 0 Å². The van der Waals surface area contributed by atoms with Crippen molar-refractivity contribution in [3.05, 3.63) is 107 Å².